The molecule has 2 aliphatic rings. The summed E-state index contributed by atoms with van der Waals surface area (Å²) in [5.41, 5.74) is 12.3. The number of amidine groups is 2. The molecule has 0 amide bonds. The van der Waals surface area contributed by atoms with Crippen molar-refractivity contribution < 1.29 is 4.42 Å². The van der Waals surface area contributed by atoms with Crippen LogP contribution in [0.5, 0.6) is 0 Å². The van der Waals surface area contributed by atoms with E-state index in [1.165, 1.54) is 53.6 Å². The molecular weight excluding hydrogens is 717 g/mol. The highest BCUT2D eigenvalue weighted by atomic mass is 32.1. The van der Waals surface area contributed by atoms with Gasteiger partial charge in [0.2, 0.25) is 0 Å². The predicted octanol–water partition coefficient (Wildman–Crippen LogP) is 13.0. The van der Waals surface area contributed by atoms with Gasteiger partial charge in [0, 0.05) is 48.5 Å². The number of nitrogens with one attached hydrogen (secondary N) is 1. The van der Waals surface area contributed by atoms with Crippen molar-refractivity contribution >= 4 is 82.1 Å². The minimum Gasteiger partial charge on any atom is -0.456 e. The van der Waals surface area contributed by atoms with Gasteiger partial charge < -0.3 is 14.3 Å². The van der Waals surface area contributed by atoms with E-state index in [-0.39, 0.29) is 6.17 Å². The Morgan fingerprint density at radius 3 is 2.35 bits per heavy atom. The number of para-hydroxylation sites is 1. The molecule has 1 N–H and O–H groups in total. The van der Waals surface area contributed by atoms with Crippen LogP contribution in [0.4, 0.5) is 0 Å². The van der Waals surface area contributed by atoms with Crippen LogP contribution < -0.4 is 5.32 Å². The van der Waals surface area contributed by atoms with E-state index in [1.54, 1.807) is 0 Å². The van der Waals surface area contributed by atoms with Gasteiger partial charge in [0.05, 0.1) is 15.9 Å². The molecule has 4 heterocycles. The first-order valence-electron chi connectivity index (χ1n) is 19.5. The quantitative estimate of drug-likeness (QED) is 0.190. The largest absolute Gasteiger partial charge is 0.456 e. The monoisotopic (exact) mass is 750 g/mol. The number of benzene rings is 7. The zero-order chi connectivity index (χ0) is 37.5. The summed E-state index contributed by atoms with van der Waals surface area (Å²) in [7, 11) is 0. The van der Waals surface area contributed by atoms with Crippen LogP contribution in [0.1, 0.15) is 40.5 Å². The highest BCUT2D eigenvalue weighted by Gasteiger charge is 2.25. The Kier molecular flexibility index (Phi) is 7.22. The van der Waals surface area contributed by atoms with Crippen LogP contribution in [0.15, 0.2) is 178 Å². The normalized spacial score (nSPS) is 15.3. The summed E-state index contributed by atoms with van der Waals surface area (Å²) in [6, 6.07) is 55.8. The number of allylic oxidation sites excluding steroid dienone is 1. The number of aliphatic imine (C=N–C) groups is 2. The predicted molar refractivity (Wildman–Crippen MR) is 238 cm³/mol. The molecule has 1 aliphatic heterocycles. The summed E-state index contributed by atoms with van der Waals surface area (Å²) in [6.07, 6.45) is 6.50. The number of rotatable bonds is 5. The lowest BCUT2D eigenvalue weighted by Crippen LogP contribution is -2.33. The Labute approximate surface area is 332 Å². The molecule has 0 saturated heterocycles. The Bertz CT molecular complexity index is 3330. The van der Waals surface area contributed by atoms with Crippen molar-refractivity contribution in [3.05, 3.63) is 192 Å². The molecule has 0 saturated carbocycles. The van der Waals surface area contributed by atoms with Crippen molar-refractivity contribution in [1.29, 1.82) is 0 Å². The third-order valence-electron chi connectivity index (χ3n) is 11.6. The molecule has 1 aliphatic carbocycles. The lowest BCUT2D eigenvalue weighted by atomic mass is 9.97. The molecule has 1 atom stereocenters. The topological polar surface area (TPSA) is 54.8 Å². The summed E-state index contributed by atoms with van der Waals surface area (Å²) < 4.78 is 11.7. The molecule has 0 bridgehead atoms. The molecular formula is C51H34N4OS. The molecule has 7 aromatic carbocycles. The molecule has 10 aromatic rings. The first-order valence-corrected chi connectivity index (χ1v) is 20.3. The van der Waals surface area contributed by atoms with E-state index in [0.29, 0.717) is 5.84 Å². The van der Waals surface area contributed by atoms with Crippen molar-refractivity contribution in [3.8, 4) is 16.8 Å². The van der Waals surface area contributed by atoms with Crippen LogP contribution in [0.25, 0.3) is 75.9 Å². The number of furan rings is 1. The Hall–Kier alpha value is -7.02. The third kappa shape index (κ3) is 5.07. The zero-order valence-electron chi connectivity index (χ0n) is 30.8. The van der Waals surface area contributed by atoms with Gasteiger partial charge in [0.25, 0.3) is 0 Å². The minimum absolute atomic E-state index is 0.284. The van der Waals surface area contributed by atoms with E-state index in [1.807, 2.05) is 59.9 Å². The van der Waals surface area contributed by atoms with Crippen LogP contribution in [0.3, 0.4) is 0 Å². The van der Waals surface area contributed by atoms with Crippen molar-refractivity contribution in [2.45, 2.75) is 19.0 Å². The van der Waals surface area contributed by atoms with Crippen molar-refractivity contribution in [2.75, 3.05) is 0 Å². The number of thiophene rings is 1. The summed E-state index contributed by atoms with van der Waals surface area (Å²) >= 11 is 1.88. The van der Waals surface area contributed by atoms with Gasteiger partial charge in [0.15, 0.2) is 5.84 Å². The van der Waals surface area contributed by atoms with E-state index in [2.05, 4.69) is 131 Å². The van der Waals surface area contributed by atoms with Crippen LogP contribution in [0.2, 0.25) is 0 Å². The molecule has 57 heavy (non-hydrogen) atoms. The standard InChI is InChI=1S/C51H34N4OS/c1-3-14-31(15-4-1)49-52-50(32-16-5-2-6-17-32)54-51(53-49)39-22-12-26-43-46(39)37-29-28-33(30-44(37)56-43)34-20-13-27-45-47(34)38-21-11-25-42(48(38)57-45)55-40-23-9-7-18-35(40)36-19-8-10-24-41(36)55/h1-7,9-18,20-30,49H,8,19H2,(H,52,53,54). The lowest BCUT2D eigenvalue weighted by molar-refractivity contribution is 0.668. The van der Waals surface area contributed by atoms with E-state index in [9.17, 15) is 0 Å². The van der Waals surface area contributed by atoms with Crippen molar-refractivity contribution in [3.63, 3.8) is 0 Å². The average Bonchev–Trinajstić information content (AvgIpc) is 3.96. The van der Waals surface area contributed by atoms with E-state index in [4.69, 9.17) is 14.4 Å². The third-order valence-corrected chi connectivity index (χ3v) is 12.7. The number of hydrogen-bond donors (Lipinski definition) is 1. The van der Waals surface area contributed by atoms with E-state index in [0.717, 1.165) is 62.9 Å². The van der Waals surface area contributed by atoms with Gasteiger partial charge in [-0.05, 0) is 77.6 Å². The van der Waals surface area contributed by atoms with Gasteiger partial charge in [-0.3, -0.25) is 0 Å². The van der Waals surface area contributed by atoms with Gasteiger partial charge in [-0.15, -0.1) is 11.3 Å². The van der Waals surface area contributed by atoms with E-state index < -0.39 is 0 Å². The Morgan fingerprint density at radius 1 is 0.649 bits per heavy atom. The van der Waals surface area contributed by atoms with Crippen LogP contribution in [0, 0.1) is 0 Å². The Morgan fingerprint density at radius 2 is 1.44 bits per heavy atom. The second kappa shape index (κ2) is 12.8. The van der Waals surface area contributed by atoms with E-state index >= 15 is 0 Å². The first kappa shape index (κ1) is 32.2. The maximum absolute atomic E-state index is 6.69. The van der Waals surface area contributed by atoms with Gasteiger partial charge in [-0.2, -0.15) is 0 Å². The number of aryl methyl sites for hydroxylation is 1. The fourth-order valence-corrected chi connectivity index (χ4v) is 10.2. The van der Waals surface area contributed by atoms with Crippen molar-refractivity contribution in [2.24, 2.45) is 9.98 Å². The van der Waals surface area contributed by atoms with Crippen molar-refractivity contribution in [1.82, 2.24) is 9.88 Å². The van der Waals surface area contributed by atoms with Crippen LogP contribution in [-0.2, 0) is 6.42 Å². The molecule has 1 unspecified atom stereocenters. The molecule has 5 nitrogen and oxygen atoms in total. The average molecular weight is 751 g/mol. The number of fused-ring (bicyclic) bond motifs is 9. The van der Waals surface area contributed by atoms with Crippen LogP contribution >= 0.6 is 11.3 Å². The molecule has 0 spiro atoms. The molecule has 3 aromatic heterocycles. The number of nitrogens with zero attached hydrogens (tertiary/aromatic N) is 3. The van der Waals surface area contributed by atoms with Gasteiger partial charge in [0.1, 0.15) is 23.2 Å². The van der Waals surface area contributed by atoms with Gasteiger partial charge in [-0.25, -0.2) is 9.98 Å². The number of hydrogen-bond acceptors (Lipinski definition) is 5. The van der Waals surface area contributed by atoms with Gasteiger partial charge >= 0.3 is 0 Å². The molecule has 0 fully saturated rings. The maximum Gasteiger partial charge on any atom is 0.160 e. The minimum atomic E-state index is -0.284. The highest BCUT2D eigenvalue weighted by Crippen LogP contribution is 2.45. The fraction of sp³-hybridized carbons (Fsp3) is 0.0588. The van der Waals surface area contributed by atoms with Gasteiger partial charge in [-0.1, -0.05) is 127 Å². The smallest absolute Gasteiger partial charge is 0.160 e. The maximum atomic E-state index is 6.69. The zero-order valence-corrected chi connectivity index (χ0v) is 31.6. The second-order valence-electron chi connectivity index (χ2n) is 14.8. The molecule has 6 heteroatoms. The summed E-state index contributed by atoms with van der Waals surface area (Å²) in [6.45, 7) is 0. The fourth-order valence-electron chi connectivity index (χ4n) is 8.99. The van der Waals surface area contributed by atoms with Crippen LogP contribution in [-0.4, -0.2) is 16.2 Å². The first-order chi connectivity index (χ1) is 28.3. The number of aromatic nitrogens is 1. The summed E-state index contributed by atoms with van der Waals surface area (Å²) in [4.78, 5) is 10.3. The highest BCUT2D eigenvalue weighted by molar-refractivity contribution is 7.26. The Balaban J connectivity index is 1.01. The second-order valence-corrected chi connectivity index (χ2v) is 15.9. The summed E-state index contributed by atoms with van der Waals surface area (Å²) in [5.74, 6) is 1.47. The lowest BCUT2D eigenvalue weighted by Gasteiger charge is -2.23. The molecule has 0 radical (unpaired) electrons. The molecule has 270 valence electrons. The molecule has 12 rings (SSSR count). The summed E-state index contributed by atoms with van der Waals surface area (Å²) in [5, 5.41) is 9.54. The SMILES string of the molecule is C1=Cc2c(c3ccccc3n2-c2cccc3c2sc2cccc(-c4ccc5c(c4)oc4cccc(C6=NC(c7ccccc7)NC(c7ccccc7)=N6)c45)c23)CC1.